The van der Waals surface area contributed by atoms with Gasteiger partial charge in [-0.1, -0.05) is 6.07 Å². The zero-order chi connectivity index (χ0) is 18.3. The van der Waals surface area contributed by atoms with E-state index in [2.05, 4.69) is 0 Å². The lowest BCUT2D eigenvalue weighted by atomic mass is 9.88. The van der Waals surface area contributed by atoms with Crippen molar-refractivity contribution < 1.29 is 23.7 Å². The fourth-order valence-electron chi connectivity index (χ4n) is 3.37. The van der Waals surface area contributed by atoms with Gasteiger partial charge in [-0.25, -0.2) is 0 Å². The zero-order valence-corrected chi connectivity index (χ0v) is 14.6. The molecule has 1 amide bonds. The Bertz CT molecular complexity index is 854. The zero-order valence-electron chi connectivity index (χ0n) is 14.6. The summed E-state index contributed by atoms with van der Waals surface area (Å²) in [6.45, 7) is 1.01. The maximum absolute atomic E-state index is 12.5. The van der Waals surface area contributed by atoms with Gasteiger partial charge in [-0.15, -0.1) is 0 Å². The summed E-state index contributed by atoms with van der Waals surface area (Å²) in [7, 11) is 3.16. The van der Waals surface area contributed by atoms with Gasteiger partial charge in [-0.05, 0) is 29.8 Å². The molecule has 4 rings (SSSR count). The normalized spacial score (nSPS) is 21.2. The molecule has 7 heteroatoms. The molecular formula is C19H20N2O5. The average Bonchev–Trinajstić information content (AvgIpc) is 2.70. The molecule has 0 bridgehead atoms. The molecular weight excluding hydrogens is 336 g/mol. The maximum Gasteiger partial charge on any atom is 0.247 e. The highest BCUT2D eigenvalue weighted by Crippen LogP contribution is 2.43. The summed E-state index contributed by atoms with van der Waals surface area (Å²) in [5.74, 6) is 2.40. The van der Waals surface area contributed by atoms with Crippen molar-refractivity contribution in [2.45, 2.75) is 12.1 Å². The third-order valence-corrected chi connectivity index (χ3v) is 4.69. The first-order chi connectivity index (χ1) is 12.6. The Kier molecular flexibility index (Phi) is 4.08. The highest BCUT2D eigenvalue weighted by atomic mass is 16.6. The van der Waals surface area contributed by atoms with Crippen LogP contribution in [-0.2, 0) is 4.79 Å². The molecule has 2 aromatic carbocycles. The number of anilines is 1. The van der Waals surface area contributed by atoms with Crippen LogP contribution in [0.2, 0.25) is 0 Å². The first-order valence-electron chi connectivity index (χ1n) is 8.34. The van der Waals surface area contributed by atoms with E-state index < -0.39 is 6.04 Å². The highest BCUT2D eigenvalue weighted by molar-refractivity contribution is 6.05. The number of ether oxygens (including phenoxy) is 4. The summed E-state index contributed by atoms with van der Waals surface area (Å²) in [6.07, 6.45) is 0. The summed E-state index contributed by atoms with van der Waals surface area (Å²) in [5, 5.41) is 0. The third kappa shape index (κ3) is 2.52. The minimum atomic E-state index is -0.610. The van der Waals surface area contributed by atoms with Crippen LogP contribution in [0.15, 0.2) is 36.4 Å². The molecule has 0 aromatic heterocycles. The van der Waals surface area contributed by atoms with E-state index in [1.54, 1.807) is 19.1 Å². The first kappa shape index (κ1) is 16.5. The van der Waals surface area contributed by atoms with E-state index in [1.807, 2.05) is 36.4 Å². The van der Waals surface area contributed by atoms with Crippen LogP contribution in [0.3, 0.4) is 0 Å². The Morgan fingerprint density at radius 2 is 1.73 bits per heavy atom. The fraction of sp³-hybridized carbons (Fsp3) is 0.316. The lowest BCUT2D eigenvalue weighted by Gasteiger charge is -2.45. The van der Waals surface area contributed by atoms with E-state index in [0.29, 0.717) is 36.2 Å². The quantitative estimate of drug-likeness (QED) is 0.843. The minimum Gasteiger partial charge on any atom is -0.493 e. The van der Waals surface area contributed by atoms with Crippen molar-refractivity contribution in [1.29, 1.82) is 0 Å². The smallest absolute Gasteiger partial charge is 0.247 e. The van der Waals surface area contributed by atoms with Crippen molar-refractivity contribution in [2.24, 2.45) is 5.73 Å². The molecule has 2 atom stereocenters. The van der Waals surface area contributed by atoms with Crippen LogP contribution in [0.4, 0.5) is 5.69 Å². The van der Waals surface area contributed by atoms with Crippen molar-refractivity contribution in [3.63, 3.8) is 0 Å². The van der Waals surface area contributed by atoms with Gasteiger partial charge < -0.3 is 29.6 Å². The van der Waals surface area contributed by atoms with Crippen LogP contribution in [0.1, 0.15) is 11.6 Å². The van der Waals surface area contributed by atoms with Crippen LogP contribution in [-0.4, -0.2) is 39.4 Å². The fourth-order valence-corrected chi connectivity index (χ4v) is 3.37. The van der Waals surface area contributed by atoms with E-state index in [-0.39, 0.29) is 11.9 Å². The van der Waals surface area contributed by atoms with E-state index in [4.69, 9.17) is 24.7 Å². The summed E-state index contributed by atoms with van der Waals surface area (Å²) in [4.78, 5) is 14.1. The lowest BCUT2D eigenvalue weighted by molar-refractivity contribution is -0.126. The molecule has 2 aromatic rings. The number of carbonyl (C=O) groups is 1. The summed E-state index contributed by atoms with van der Waals surface area (Å²) >= 11 is 0. The van der Waals surface area contributed by atoms with Crippen molar-refractivity contribution >= 4 is 11.6 Å². The highest BCUT2D eigenvalue weighted by Gasteiger charge is 2.47. The summed E-state index contributed by atoms with van der Waals surface area (Å²) in [6, 6.07) is 10.1. The van der Waals surface area contributed by atoms with Gasteiger partial charge >= 0.3 is 0 Å². The van der Waals surface area contributed by atoms with Gasteiger partial charge in [-0.3, -0.25) is 4.79 Å². The van der Waals surface area contributed by atoms with Gasteiger partial charge in [0.15, 0.2) is 23.0 Å². The molecule has 0 radical (unpaired) electrons. The number of methoxy groups -OCH3 is 2. The predicted molar refractivity (Wildman–Crippen MR) is 95.2 cm³/mol. The summed E-state index contributed by atoms with van der Waals surface area (Å²) in [5.41, 5.74) is 7.71. The number of benzene rings is 2. The second kappa shape index (κ2) is 6.42. The number of fused-ring (bicyclic) bond motifs is 1. The number of carbonyl (C=O) groups excluding carboxylic acids is 1. The Hall–Kier alpha value is -2.93. The molecule has 136 valence electrons. The number of rotatable bonds is 4. The Morgan fingerprint density at radius 1 is 1.00 bits per heavy atom. The van der Waals surface area contributed by atoms with Crippen molar-refractivity contribution in [3.8, 4) is 23.0 Å². The van der Waals surface area contributed by atoms with Gasteiger partial charge in [0.2, 0.25) is 5.91 Å². The number of nitrogens with zero attached hydrogens (tertiary/aromatic N) is 1. The van der Waals surface area contributed by atoms with Gasteiger partial charge in [0.1, 0.15) is 19.3 Å². The third-order valence-electron chi connectivity index (χ3n) is 4.69. The second-order valence-corrected chi connectivity index (χ2v) is 6.12. The SMILES string of the molecule is COc1ccc([C@H]2[C@@H](N)C(=O)N2c2ccc3c(c2)OCCO3)cc1OC. The maximum atomic E-state index is 12.5. The van der Waals surface area contributed by atoms with Crippen LogP contribution in [0.25, 0.3) is 0 Å². The first-order valence-corrected chi connectivity index (χ1v) is 8.34. The average molecular weight is 356 g/mol. The van der Waals surface area contributed by atoms with Crippen LogP contribution in [0.5, 0.6) is 23.0 Å². The van der Waals surface area contributed by atoms with E-state index in [1.165, 1.54) is 0 Å². The van der Waals surface area contributed by atoms with Gasteiger partial charge in [0.25, 0.3) is 0 Å². The van der Waals surface area contributed by atoms with Gasteiger partial charge in [0.05, 0.1) is 20.3 Å². The molecule has 2 N–H and O–H groups in total. The molecule has 26 heavy (non-hydrogen) atoms. The Labute approximate surface area is 151 Å². The lowest BCUT2D eigenvalue weighted by Crippen LogP contribution is -2.63. The second-order valence-electron chi connectivity index (χ2n) is 6.12. The molecule has 0 saturated carbocycles. The molecule has 2 aliphatic heterocycles. The van der Waals surface area contributed by atoms with Crippen LogP contribution in [0, 0.1) is 0 Å². The van der Waals surface area contributed by atoms with Gasteiger partial charge in [-0.2, -0.15) is 0 Å². The van der Waals surface area contributed by atoms with Crippen molar-refractivity contribution in [1.82, 2.24) is 0 Å². The number of hydrogen-bond acceptors (Lipinski definition) is 6. The van der Waals surface area contributed by atoms with Crippen LogP contribution < -0.4 is 29.6 Å². The number of amides is 1. The molecule has 1 fully saturated rings. The number of nitrogens with two attached hydrogens (primary N) is 1. The molecule has 2 heterocycles. The monoisotopic (exact) mass is 356 g/mol. The Balaban J connectivity index is 1.69. The van der Waals surface area contributed by atoms with E-state index >= 15 is 0 Å². The van der Waals surface area contributed by atoms with Crippen molar-refractivity contribution in [2.75, 3.05) is 32.3 Å². The number of hydrogen-bond donors (Lipinski definition) is 1. The molecule has 1 saturated heterocycles. The molecule has 0 unspecified atom stereocenters. The predicted octanol–water partition coefficient (Wildman–Crippen LogP) is 1.89. The van der Waals surface area contributed by atoms with Crippen LogP contribution >= 0.6 is 0 Å². The Morgan fingerprint density at radius 3 is 2.46 bits per heavy atom. The molecule has 7 nitrogen and oxygen atoms in total. The largest absolute Gasteiger partial charge is 0.493 e. The van der Waals surface area contributed by atoms with Crippen molar-refractivity contribution in [3.05, 3.63) is 42.0 Å². The van der Waals surface area contributed by atoms with E-state index in [0.717, 1.165) is 11.3 Å². The van der Waals surface area contributed by atoms with E-state index in [9.17, 15) is 4.79 Å². The summed E-state index contributed by atoms with van der Waals surface area (Å²) < 4.78 is 21.8. The molecule has 0 spiro atoms. The molecule has 2 aliphatic rings. The standard InChI is InChI=1S/C19H20N2O5/c1-23-13-5-3-11(9-15(13)24-2)18-17(20)19(22)21(18)12-4-6-14-16(10-12)26-8-7-25-14/h3-6,9-10,17-18H,7-8,20H2,1-2H3/t17-,18+/m1/s1. The number of β-lactam (4-membered cyclic amide) rings is 1. The molecule has 0 aliphatic carbocycles. The van der Waals surface area contributed by atoms with Gasteiger partial charge in [0, 0.05) is 11.8 Å². The topological polar surface area (TPSA) is 83.3 Å². The minimum absolute atomic E-state index is 0.138.